The Labute approximate surface area is 192 Å². The van der Waals surface area contributed by atoms with Gasteiger partial charge in [0.05, 0.1) is 0 Å². The maximum atomic E-state index is 13.4. The molecule has 1 aliphatic heterocycles. The quantitative estimate of drug-likeness (QED) is 0.680. The van der Waals surface area contributed by atoms with Crippen molar-refractivity contribution >= 4 is 5.91 Å². The first-order valence-corrected chi connectivity index (χ1v) is 11.6. The van der Waals surface area contributed by atoms with E-state index in [-0.39, 0.29) is 28.4 Å². The third-order valence-corrected chi connectivity index (χ3v) is 6.42. The average molecular weight is 439 g/mol. The number of nitrogens with zero attached hydrogens (tertiary/aromatic N) is 2. The van der Waals surface area contributed by atoms with Gasteiger partial charge in [-0.15, -0.1) is 0 Å². The normalized spacial score (nSPS) is 15.7. The van der Waals surface area contributed by atoms with E-state index in [0.717, 1.165) is 24.1 Å². The molecule has 1 fully saturated rings. The average Bonchev–Trinajstić information content (AvgIpc) is 2.70. The van der Waals surface area contributed by atoms with Gasteiger partial charge in [-0.1, -0.05) is 47.6 Å². The molecule has 2 aromatic rings. The van der Waals surface area contributed by atoms with E-state index in [9.17, 15) is 9.59 Å². The summed E-state index contributed by atoms with van der Waals surface area (Å²) in [5.41, 5.74) is 3.89. The molecule has 1 saturated heterocycles. The van der Waals surface area contributed by atoms with Gasteiger partial charge in [0.2, 0.25) is 0 Å². The molecule has 5 heteroatoms. The van der Waals surface area contributed by atoms with Gasteiger partial charge in [-0.05, 0) is 47.1 Å². The predicted octanol–water partition coefficient (Wildman–Crippen LogP) is 4.97. The van der Waals surface area contributed by atoms with Crippen molar-refractivity contribution in [2.45, 2.75) is 78.2 Å². The zero-order chi connectivity index (χ0) is 23.8. The fourth-order valence-electron chi connectivity index (χ4n) is 3.97. The number of rotatable bonds is 3. The van der Waals surface area contributed by atoms with Gasteiger partial charge in [0.15, 0.2) is 0 Å². The number of amides is 1. The van der Waals surface area contributed by atoms with Crippen LogP contribution in [0.1, 0.15) is 81.6 Å². The number of likely N-dealkylation sites (tertiary alicyclic amines) is 1. The van der Waals surface area contributed by atoms with Crippen LogP contribution in [-0.4, -0.2) is 34.6 Å². The fraction of sp³-hybridized carbons (Fsp3) is 0.556. The van der Waals surface area contributed by atoms with E-state index in [4.69, 9.17) is 4.74 Å². The number of pyridine rings is 1. The SMILES string of the molecule is Cc1cc(OC2CCN(C(=O)c3cc(C(C)(C)C)cc(C(C)(C)C)c3)CC2)cc(=O)n1C. The molecule has 0 radical (unpaired) electrons. The Morgan fingerprint density at radius 3 is 1.91 bits per heavy atom. The number of ether oxygens (including phenoxy) is 1. The molecule has 0 aliphatic carbocycles. The molecule has 1 aromatic heterocycles. The molecular weight excluding hydrogens is 400 g/mol. The minimum absolute atomic E-state index is 0.0107. The summed E-state index contributed by atoms with van der Waals surface area (Å²) >= 11 is 0. The number of aromatic nitrogens is 1. The minimum atomic E-state index is -0.0685. The van der Waals surface area contributed by atoms with E-state index in [1.165, 1.54) is 17.2 Å². The molecule has 0 N–H and O–H groups in total. The Balaban J connectivity index is 1.73. The zero-order valence-corrected chi connectivity index (χ0v) is 20.9. The van der Waals surface area contributed by atoms with Crippen LogP contribution < -0.4 is 10.3 Å². The van der Waals surface area contributed by atoms with E-state index in [1.54, 1.807) is 11.6 Å². The van der Waals surface area contributed by atoms with E-state index < -0.39 is 0 Å². The van der Waals surface area contributed by atoms with Crippen LogP contribution in [0.15, 0.2) is 35.1 Å². The molecule has 32 heavy (non-hydrogen) atoms. The van der Waals surface area contributed by atoms with Gasteiger partial charge in [0.25, 0.3) is 11.5 Å². The highest BCUT2D eigenvalue weighted by Crippen LogP contribution is 2.31. The molecule has 0 spiro atoms. The molecule has 2 heterocycles. The Morgan fingerprint density at radius 2 is 1.44 bits per heavy atom. The van der Waals surface area contributed by atoms with E-state index in [0.29, 0.717) is 18.8 Å². The van der Waals surface area contributed by atoms with Crippen LogP contribution in [0, 0.1) is 6.92 Å². The summed E-state index contributed by atoms with van der Waals surface area (Å²) in [4.78, 5) is 27.4. The van der Waals surface area contributed by atoms with Gasteiger partial charge in [-0.25, -0.2) is 0 Å². The van der Waals surface area contributed by atoms with Crippen molar-refractivity contribution in [1.82, 2.24) is 9.47 Å². The van der Waals surface area contributed by atoms with Gasteiger partial charge in [-0.2, -0.15) is 0 Å². The smallest absolute Gasteiger partial charge is 0.254 e. The van der Waals surface area contributed by atoms with Gasteiger partial charge in [-0.3, -0.25) is 9.59 Å². The third kappa shape index (κ3) is 5.43. The maximum absolute atomic E-state index is 13.4. The van der Waals surface area contributed by atoms with Crippen LogP contribution >= 0.6 is 0 Å². The van der Waals surface area contributed by atoms with E-state index >= 15 is 0 Å². The van der Waals surface area contributed by atoms with Gasteiger partial charge < -0.3 is 14.2 Å². The first-order valence-electron chi connectivity index (χ1n) is 11.6. The van der Waals surface area contributed by atoms with Gasteiger partial charge in [0.1, 0.15) is 11.9 Å². The number of carbonyl (C=O) groups is 1. The van der Waals surface area contributed by atoms with Crippen LogP contribution in [0.3, 0.4) is 0 Å². The number of hydrogen-bond donors (Lipinski definition) is 0. The Hall–Kier alpha value is -2.56. The monoisotopic (exact) mass is 438 g/mol. The summed E-state index contributed by atoms with van der Waals surface area (Å²) in [6.45, 7) is 16.3. The maximum Gasteiger partial charge on any atom is 0.254 e. The molecular formula is C27H38N2O3. The summed E-state index contributed by atoms with van der Waals surface area (Å²) in [5, 5.41) is 0. The third-order valence-electron chi connectivity index (χ3n) is 6.42. The number of carbonyl (C=O) groups excluding carboxylic acids is 1. The molecule has 0 atom stereocenters. The summed E-state index contributed by atoms with van der Waals surface area (Å²) < 4.78 is 7.68. The molecule has 1 aromatic carbocycles. The first-order chi connectivity index (χ1) is 14.8. The second-order valence-corrected chi connectivity index (χ2v) is 11.1. The van der Waals surface area contributed by atoms with Crippen molar-refractivity contribution < 1.29 is 9.53 Å². The van der Waals surface area contributed by atoms with Crippen molar-refractivity contribution in [2.75, 3.05) is 13.1 Å². The Morgan fingerprint density at radius 1 is 0.906 bits per heavy atom. The molecule has 0 bridgehead atoms. The molecule has 5 nitrogen and oxygen atoms in total. The molecule has 0 unspecified atom stereocenters. The van der Waals surface area contributed by atoms with Crippen LogP contribution in [0.2, 0.25) is 0 Å². The van der Waals surface area contributed by atoms with Crippen LogP contribution in [0.25, 0.3) is 0 Å². The second kappa shape index (κ2) is 8.76. The lowest BCUT2D eigenvalue weighted by atomic mass is 9.79. The minimum Gasteiger partial charge on any atom is -0.490 e. The summed E-state index contributed by atoms with van der Waals surface area (Å²) in [5.74, 6) is 0.701. The lowest BCUT2D eigenvalue weighted by Gasteiger charge is -2.33. The van der Waals surface area contributed by atoms with Crippen molar-refractivity contribution in [2.24, 2.45) is 7.05 Å². The van der Waals surface area contributed by atoms with Crippen LogP contribution in [0.5, 0.6) is 5.75 Å². The van der Waals surface area contributed by atoms with Crippen molar-refractivity contribution in [3.63, 3.8) is 0 Å². The van der Waals surface area contributed by atoms with Crippen molar-refractivity contribution in [3.8, 4) is 5.75 Å². The number of piperidine rings is 1. The highest BCUT2D eigenvalue weighted by atomic mass is 16.5. The number of benzene rings is 1. The summed E-state index contributed by atoms with van der Waals surface area (Å²) in [6, 6.07) is 9.79. The largest absolute Gasteiger partial charge is 0.490 e. The van der Waals surface area contributed by atoms with Gasteiger partial charge >= 0.3 is 0 Å². The zero-order valence-electron chi connectivity index (χ0n) is 20.9. The number of aryl methyl sites for hydroxylation is 1. The second-order valence-electron chi connectivity index (χ2n) is 11.1. The standard InChI is InChI=1S/C27H38N2O3/c1-18-13-23(17-24(30)28(18)8)32-22-9-11-29(12-10-22)25(31)19-14-20(26(2,3)4)16-21(15-19)27(5,6)7/h13-17,22H,9-12H2,1-8H3. The predicted molar refractivity (Wildman–Crippen MR) is 130 cm³/mol. The van der Waals surface area contributed by atoms with Crippen molar-refractivity contribution in [1.29, 1.82) is 0 Å². The summed E-state index contributed by atoms with van der Waals surface area (Å²) in [6.07, 6.45) is 1.52. The molecule has 1 aliphatic rings. The van der Waals surface area contributed by atoms with Crippen LogP contribution in [-0.2, 0) is 17.9 Å². The Bertz CT molecular complexity index is 1010. The Kier molecular flexibility index (Phi) is 6.60. The highest BCUT2D eigenvalue weighted by molar-refractivity contribution is 5.94. The van der Waals surface area contributed by atoms with E-state index in [2.05, 4.69) is 59.7 Å². The molecule has 3 rings (SSSR count). The lowest BCUT2D eigenvalue weighted by molar-refractivity contribution is 0.0595. The topological polar surface area (TPSA) is 51.5 Å². The van der Waals surface area contributed by atoms with E-state index in [1.807, 2.05) is 17.9 Å². The first kappa shape index (κ1) is 24.1. The van der Waals surface area contributed by atoms with Crippen LogP contribution in [0.4, 0.5) is 0 Å². The van der Waals surface area contributed by atoms with Gasteiger partial charge in [0, 0.05) is 50.3 Å². The molecule has 0 saturated carbocycles. The lowest BCUT2D eigenvalue weighted by Crippen LogP contribution is -2.42. The number of hydrogen-bond acceptors (Lipinski definition) is 3. The molecule has 1 amide bonds. The highest BCUT2D eigenvalue weighted by Gasteiger charge is 2.27. The van der Waals surface area contributed by atoms with Crippen molar-refractivity contribution in [3.05, 3.63) is 63.1 Å². The summed E-state index contributed by atoms with van der Waals surface area (Å²) in [7, 11) is 1.76. The fourth-order valence-corrected chi connectivity index (χ4v) is 3.97. The molecule has 174 valence electrons.